The Labute approximate surface area is 179 Å². The topological polar surface area (TPSA) is 76.2 Å². The van der Waals surface area contributed by atoms with Crippen LogP contribution in [-0.4, -0.2) is 53.3 Å². The first-order valence-electron chi connectivity index (χ1n) is 9.65. The van der Waals surface area contributed by atoms with Gasteiger partial charge in [-0.2, -0.15) is 0 Å². The lowest BCUT2D eigenvalue weighted by atomic mass is 10.1. The van der Waals surface area contributed by atoms with Crippen LogP contribution in [0.5, 0.6) is 11.5 Å². The third kappa shape index (κ3) is 6.13. The highest BCUT2D eigenvalue weighted by Gasteiger charge is 2.19. The zero-order chi connectivity index (χ0) is 22.3. The minimum atomic E-state index is -3.44. The Kier molecular flexibility index (Phi) is 8.11. The SMILES string of the molecule is COc1ccc(CN(C)C(=O)CCCN(c2ccccc2C)S(C)(=O)=O)cc1OC. The molecule has 0 N–H and O–H groups in total. The number of ether oxygens (including phenoxy) is 2. The molecule has 2 aromatic rings. The zero-order valence-corrected chi connectivity index (χ0v) is 19.0. The Hall–Kier alpha value is -2.74. The van der Waals surface area contributed by atoms with Gasteiger partial charge in [0, 0.05) is 26.6 Å². The fraction of sp³-hybridized carbons (Fsp3) is 0.409. The van der Waals surface area contributed by atoms with Crippen LogP contribution in [0.15, 0.2) is 42.5 Å². The highest BCUT2D eigenvalue weighted by atomic mass is 32.2. The van der Waals surface area contributed by atoms with Crippen molar-refractivity contribution in [3.8, 4) is 11.5 Å². The summed E-state index contributed by atoms with van der Waals surface area (Å²) in [6, 6.07) is 12.9. The molecule has 0 spiro atoms. The van der Waals surface area contributed by atoms with Gasteiger partial charge in [-0.1, -0.05) is 24.3 Å². The van der Waals surface area contributed by atoms with E-state index in [-0.39, 0.29) is 18.9 Å². The zero-order valence-electron chi connectivity index (χ0n) is 18.2. The molecule has 0 aliphatic heterocycles. The summed E-state index contributed by atoms with van der Waals surface area (Å²) in [5.41, 5.74) is 2.44. The average Bonchev–Trinajstić information content (AvgIpc) is 2.70. The molecule has 0 saturated heterocycles. The van der Waals surface area contributed by atoms with Crippen LogP contribution >= 0.6 is 0 Å². The minimum Gasteiger partial charge on any atom is -0.493 e. The summed E-state index contributed by atoms with van der Waals surface area (Å²) >= 11 is 0. The van der Waals surface area contributed by atoms with E-state index in [1.807, 2.05) is 37.3 Å². The lowest BCUT2D eigenvalue weighted by molar-refractivity contribution is -0.130. The van der Waals surface area contributed by atoms with Gasteiger partial charge in [0.2, 0.25) is 15.9 Å². The van der Waals surface area contributed by atoms with E-state index >= 15 is 0 Å². The van der Waals surface area contributed by atoms with Gasteiger partial charge in [0.15, 0.2) is 11.5 Å². The summed E-state index contributed by atoms with van der Waals surface area (Å²) < 4.78 is 36.4. The summed E-state index contributed by atoms with van der Waals surface area (Å²) in [5.74, 6) is 1.19. The number of carbonyl (C=O) groups excluding carboxylic acids is 1. The van der Waals surface area contributed by atoms with E-state index in [0.29, 0.717) is 30.2 Å². The average molecular weight is 435 g/mol. The largest absolute Gasteiger partial charge is 0.493 e. The maximum Gasteiger partial charge on any atom is 0.232 e. The summed E-state index contributed by atoms with van der Waals surface area (Å²) in [4.78, 5) is 14.2. The van der Waals surface area contributed by atoms with Crippen molar-refractivity contribution in [2.24, 2.45) is 0 Å². The number of hydrogen-bond acceptors (Lipinski definition) is 5. The van der Waals surface area contributed by atoms with Crippen LogP contribution in [0.2, 0.25) is 0 Å². The molecule has 0 aromatic heterocycles. The molecule has 8 heteroatoms. The van der Waals surface area contributed by atoms with Gasteiger partial charge in [0.25, 0.3) is 0 Å². The molecule has 0 heterocycles. The van der Waals surface area contributed by atoms with Gasteiger partial charge in [-0.3, -0.25) is 9.10 Å². The van der Waals surface area contributed by atoms with Crippen molar-refractivity contribution < 1.29 is 22.7 Å². The smallest absolute Gasteiger partial charge is 0.232 e. The number of rotatable bonds is 10. The van der Waals surface area contributed by atoms with E-state index < -0.39 is 10.0 Å². The van der Waals surface area contributed by atoms with Crippen LogP contribution in [0.3, 0.4) is 0 Å². The number of anilines is 1. The Morgan fingerprint density at radius 1 is 1.03 bits per heavy atom. The van der Waals surface area contributed by atoms with Crippen LogP contribution in [0.4, 0.5) is 5.69 Å². The summed E-state index contributed by atoms with van der Waals surface area (Å²) in [5, 5.41) is 0. The van der Waals surface area contributed by atoms with E-state index in [0.717, 1.165) is 11.1 Å². The summed E-state index contributed by atoms with van der Waals surface area (Å²) in [7, 11) is 1.43. The molecule has 2 rings (SSSR count). The molecule has 164 valence electrons. The monoisotopic (exact) mass is 434 g/mol. The van der Waals surface area contributed by atoms with Crippen molar-refractivity contribution in [3.05, 3.63) is 53.6 Å². The van der Waals surface area contributed by atoms with Crippen molar-refractivity contribution in [2.75, 3.05) is 38.4 Å². The summed E-state index contributed by atoms with van der Waals surface area (Å²) in [6.07, 6.45) is 1.86. The first-order chi connectivity index (χ1) is 14.2. The van der Waals surface area contributed by atoms with Gasteiger partial charge in [-0.05, 0) is 42.7 Å². The molecular formula is C22H30N2O5S. The number of sulfonamides is 1. The van der Waals surface area contributed by atoms with Crippen LogP contribution in [0.25, 0.3) is 0 Å². The van der Waals surface area contributed by atoms with Crippen molar-refractivity contribution in [2.45, 2.75) is 26.3 Å². The quantitative estimate of drug-likeness (QED) is 0.574. The third-order valence-corrected chi connectivity index (χ3v) is 6.01. The predicted octanol–water partition coefficient (Wildman–Crippen LogP) is 3.22. The highest BCUT2D eigenvalue weighted by Crippen LogP contribution is 2.28. The van der Waals surface area contributed by atoms with Crippen molar-refractivity contribution in [1.82, 2.24) is 4.90 Å². The van der Waals surface area contributed by atoms with E-state index in [1.165, 1.54) is 10.6 Å². The molecule has 0 saturated carbocycles. The normalized spacial score (nSPS) is 11.1. The van der Waals surface area contributed by atoms with Crippen molar-refractivity contribution in [1.29, 1.82) is 0 Å². The van der Waals surface area contributed by atoms with Gasteiger partial charge in [0.05, 0.1) is 26.2 Å². The molecule has 7 nitrogen and oxygen atoms in total. The van der Waals surface area contributed by atoms with E-state index in [2.05, 4.69) is 0 Å². The highest BCUT2D eigenvalue weighted by molar-refractivity contribution is 7.92. The molecule has 2 aromatic carbocycles. The lowest BCUT2D eigenvalue weighted by Gasteiger charge is -2.24. The lowest BCUT2D eigenvalue weighted by Crippen LogP contribution is -2.33. The van der Waals surface area contributed by atoms with E-state index in [4.69, 9.17) is 9.47 Å². The van der Waals surface area contributed by atoms with Gasteiger partial charge in [-0.25, -0.2) is 8.42 Å². The molecule has 0 radical (unpaired) electrons. The number of amides is 1. The van der Waals surface area contributed by atoms with Gasteiger partial charge in [-0.15, -0.1) is 0 Å². The first kappa shape index (κ1) is 23.5. The number of carbonyl (C=O) groups is 1. The van der Waals surface area contributed by atoms with Crippen LogP contribution in [-0.2, 0) is 21.4 Å². The van der Waals surface area contributed by atoms with Crippen LogP contribution < -0.4 is 13.8 Å². The van der Waals surface area contributed by atoms with E-state index in [1.54, 1.807) is 38.3 Å². The van der Waals surface area contributed by atoms with Gasteiger partial charge in [0.1, 0.15) is 0 Å². The number of para-hydroxylation sites is 1. The Morgan fingerprint density at radius 3 is 2.30 bits per heavy atom. The second kappa shape index (κ2) is 10.3. The van der Waals surface area contributed by atoms with Gasteiger partial charge >= 0.3 is 0 Å². The molecule has 0 fully saturated rings. The third-order valence-electron chi connectivity index (χ3n) is 4.83. The number of methoxy groups -OCH3 is 2. The number of hydrogen-bond donors (Lipinski definition) is 0. The summed E-state index contributed by atoms with van der Waals surface area (Å²) in [6.45, 7) is 2.54. The molecular weight excluding hydrogens is 404 g/mol. The molecule has 0 atom stereocenters. The second-order valence-corrected chi connectivity index (χ2v) is 9.07. The predicted molar refractivity (Wildman–Crippen MR) is 119 cm³/mol. The number of aryl methyl sites for hydroxylation is 1. The first-order valence-corrected chi connectivity index (χ1v) is 11.5. The van der Waals surface area contributed by atoms with Crippen molar-refractivity contribution >= 4 is 21.6 Å². The Morgan fingerprint density at radius 2 is 1.70 bits per heavy atom. The number of benzene rings is 2. The minimum absolute atomic E-state index is 0.0528. The Balaban J connectivity index is 1.98. The Bertz CT molecular complexity index is 975. The molecule has 1 amide bonds. The number of nitrogens with zero attached hydrogens (tertiary/aromatic N) is 2. The second-order valence-electron chi connectivity index (χ2n) is 7.16. The maximum atomic E-state index is 12.6. The van der Waals surface area contributed by atoms with Crippen LogP contribution in [0.1, 0.15) is 24.0 Å². The fourth-order valence-corrected chi connectivity index (χ4v) is 4.24. The van der Waals surface area contributed by atoms with E-state index in [9.17, 15) is 13.2 Å². The van der Waals surface area contributed by atoms with Crippen LogP contribution in [0, 0.1) is 6.92 Å². The molecule has 0 aliphatic rings. The molecule has 0 aliphatic carbocycles. The van der Waals surface area contributed by atoms with Crippen molar-refractivity contribution in [3.63, 3.8) is 0 Å². The van der Waals surface area contributed by atoms with Gasteiger partial charge < -0.3 is 14.4 Å². The fourth-order valence-electron chi connectivity index (χ4n) is 3.21. The molecule has 0 bridgehead atoms. The maximum absolute atomic E-state index is 12.6. The molecule has 30 heavy (non-hydrogen) atoms. The molecule has 0 unspecified atom stereocenters. The standard InChI is InChI=1S/C22H30N2O5S/c1-17-9-6-7-10-19(17)24(30(5,26)27)14-8-11-22(25)23(2)16-18-12-13-20(28-3)21(15-18)29-4/h6-7,9-10,12-13,15H,8,11,14,16H2,1-5H3.